The van der Waals surface area contributed by atoms with Crippen molar-refractivity contribution in [2.75, 3.05) is 5.73 Å². The Balaban J connectivity index is 3.28. The molecule has 0 saturated carbocycles. The number of rotatable bonds is 1. The van der Waals surface area contributed by atoms with Crippen LogP contribution in [0.2, 0.25) is 0 Å². The summed E-state index contributed by atoms with van der Waals surface area (Å²) in [6.07, 6.45) is -2.97. The predicted molar refractivity (Wildman–Crippen MR) is 35.2 cm³/mol. The van der Waals surface area contributed by atoms with Gasteiger partial charge in [-0.25, -0.2) is 8.78 Å². The first kappa shape index (κ1) is 8.63. The number of nitrogens with zero attached hydrogens (tertiary/aromatic N) is 1. The maximum absolute atomic E-state index is 12.3. The van der Waals surface area contributed by atoms with Gasteiger partial charge in [0.05, 0.1) is 5.56 Å². The van der Waals surface area contributed by atoms with Crippen LogP contribution in [0.25, 0.3) is 0 Å². The van der Waals surface area contributed by atoms with E-state index in [2.05, 4.69) is 4.98 Å². The largest absolute Gasteiger partial charge is 0.504 e. The Morgan fingerprint density at radius 2 is 2.08 bits per heavy atom. The summed E-state index contributed by atoms with van der Waals surface area (Å²) in [4.78, 5) is 2.94. The minimum Gasteiger partial charge on any atom is -0.504 e. The van der Waals surface area contributed by atoms with E-state index < -0.39 is 29.5 Å². The zero-order chi connectivity index (χ0) is 9.30. The molecule has 0 atom stereocenters. The van der Waals surface area contributed by atoms with Gasteiger partial charge in [0, 0.05) is 6.07 Å². The van der Waals surface area contributed by atoms with Crippen molar-refractivity contribution in [2.24, 2.45) is 0 Å². The Morgan fingerprint density at radius 3 is 2.58 bits per heavy atom. The quantitative estimate of drug-likeness (QED) is 0.639. The number of nitrogen functional groups attached to an aromatic ring is 1. The summed E-state index contributed by atoms with van der Waals surface area (Å²) >= 11 is 0. The third kappa shape index (κ3) is 1.41. The standard InChI is InChI=1S/C6H5F3N2O/c7-3-1-2(5(8)9)4(12)6(10)11-3/h1,5,12H,(H2,10,11). The first-order valence-corrected chi connectivity index (χ1v) is 2.95. The molecule has 3 nitrogen and oxygen atoms in total. The number of nitrogens with two attached hydrogens (primary N) is 1. The summed E-state index contributed by atoms with van der Waals surface area (Å²) in [6, 6.07) is 0.441. The molecule has 0 aliphatic carbocycles. The van der Waals surface area contributed by atoms with Gasteiger partial charge < -0.3 is 10.8 Å². The molecule has 6 heteroatoms. The molecule has 0 bridgehead atoms. The molecule has 0 aliphatic rings. The highest BCUT2D eigenvalue weighted by atomic mass is 19.3. The van der Waals surface area contributed by atoms with Crippen molar-refractivity contribution in [3.63, 3.8) is 0 Å². The fraction of sp³-hybridized carbons (Fsp3) is 0.167. The van der Waals surface area contributed by atoms with Crippen LogP contribution < -0.4 is 5.73 Å². The summed E-state index contributed by atoms with van der Waals surface area (Å²) in [7, 11) is 0. The zero-order valence-corrected chi connectivity index (χ0v) is 5.76. The molecule has 1 rings (SSSR count). The Morgan fingerprint density at radius 1 is 1.50 bits per heavy atom. The molecule has 1 heterocycles. The lowest BCUT2D eigenvalue weighted by atomic mass is 10.2. The van der Waals surface area contributed by atoms with Gasteiger partial charge in [-0.05, 0) is 0 Å². The molecule has 66 valence electrons. The van der Waals surface area contributed by atoms with Crippen LogP contribution in [0.15, 0.2) is 6.07 Å². The third-order valence-electron chi connectivity index (χ3n) is 1.25. The lowest BCUT2D eigenvalue weighted by Crippen LogP contribution is -1.98. The maximum atomic E-state index is 12.3. The molecule has 0 fully saturated rings. The average molecular weight is 178 g/mol. The van der Waals surface area contributed by atoms with E-state index in [1.165, 1.54) is 0 Å². The van der Waals surface area contributed by atoms with Crippen LogP contribution in [0.4, 0.5) is 19.0 Å². The number of anilines is 1. The molecule has 1 aromatic heterocycles. The van der Waals surface area contributed by atoms with Crippen molar-refractivity contribution in [1.82, 2.24) is 4.98 Å². The Bertz CT molecular complexity index is 303. The molecule has 0 aromatic carbocycles. The smallest absolute Gasteiger partial charge is 0.267 e. The number of hydrogen-bond acceptors (Lipinski definition) is 3. The molecule has 0 saturated heterocycles. The first-order valence-electron chi connectivity index (χ1n) is 2.95. The van der Waals surface area contributed by atoms with Gasteiger partial charge >= 0.3 is 0 Å². The van der Waals surface area contributed by atoms with Crippen LogP contribution in [0.5, 0.6) is 5.75 Å². The summed E-state index contributed by atoms with van der Waals surface area (Å²) in [5, 5.41) is 8.86. The zero-order valence-electron chi connectivity index (χ0n) is 5.76. The Hall–Kier alpha value is -1.46. The van der Waals surface area contributed by atoms with E-state index in [-0.39, 0.29) is 0 Å². The van der Waals surface area contributed by atoms with E-state index >= 15 is 0 Å². The highest BCUT2D eigenvalue weighted by Gasteiger charge is 2.17. The number of halogens is 3. The summed E-state index contributed by atoms with van der Waals surface area (Å²) < 4.78 is 36.3. The van der Waals surface area contributed by atoms with E-state index in [9.17, 15) is 13.2 Å². The molecule has 1 aromatic rings. The topological polar surface area (TPSA) is 59.1 Å². The van der Waals surface area contributed by atoms with E-state index in [0.717, 1.165) is 0 Å². The number of hydrogen-bond donors (Lipinski definition) is 2. The average Bonchev–Trinajstić information content (AvgIpc) is 1.96. The highest BCUT2D eigenvalue weighted by molar-refractivity contribution is 5.50. The van der Waals surface area contributed by atoms with E-state index in [0.29, 0.717) is 6.07 Å². The minimum absolute atomic E-state index is 0.441. The fourth-order valence-corrected chi connectivity index (χ4v) is 0.711. The van der Waals surface area contributed by atoms with Gasteiger partial charge in [-0.1, -0.05) is 0 Å². The molecule has 12 heavy (non-hydrogen) atoms. The van der Waals surface area contributed by atoms with Crippen LogP contribution in [0, 0.1) is 5.95 Å². The first-order chi connectivity index (χ1) is 5.52. The van der Waals surface area contributed by atoms with E-state index in [1.807, 2.05) is 0 Å². The van der Waals surface area contributed by atoms with Crippen molar-refractivity contribution in [1.29, 1.82) is 0 Å². The summed E-state index contributed by atoms with van der Waals surface area (Å²) in [5.74, 6) is -2.64. The molecule has 3 N–H and O–H groups in total. The number of aromatic nitrogens is 1. The third-order valence-corrected chi connectivity index (χ3v) is 1.25. The van der Waals surface area contributed by atoms with Crippen molar-refractivity contribution < 1.29 is 18.3 Å². The molecular formula is C6H5F3N2O. The normalized spacial score (nSPS) is 10.7. The Kier molecular flexibility index (Phi) is 2.07. The second-order valence-corrected chi connectivity index (χ2v) is 2.07. The van der Waals surface area contributed by atoms with Gasteiger partial charge in [0.2, 0.25) is 5.95 Å². The maximum Gasteiger partial charge on any atom is 0.267 e. The van der Waals surface area contributed by atoms with Crippen molar-refractivity contribution in [3.05, 3.63) is 17.6 Å². The second-order valence-electron chi connectivity index (χ2n) is 2.07. The molecule has 0 amide bonds. The van der Waals surface area contributed by atoms with Gasteiger partial charge in [-0.15, -0.1) is 0 Å². The summed E-state index contributed by atoms with van der Waals surface area (Å²) in [5.41, 5.74) is 4.08. The van der Waals surface area contributed by atoms with Gasteiger partial charge in [-0.2, -0.15) is 9.37 Å². The molecule has 0 unspecified atom stereocenters. The van der Waals surface area contributed by atoms with Gasteiger partial charge in [0.15, 0.2) is 11.6 Å². The van der Waals surface area contributed by atoms with Gasteiger partial charge in [0.25, 0.3) is 6.43 Å². The van der Waals surface area contributed by atoms with Crippen molar-refractivity contribution in [2.45, 2.75) is 6.43 Å². The van der Waals surface area contributed by atoms with Crippen LogP contribution >= 0.6 is 0 Å². The molecule has 0 aliphatic heterocycles. The molecule has 0 radical (unpaired) electrons. The fourth-order valence-electron chi connectivity index (χ4n) is 0.711. The SMILES string of the molecule is Nc1nc(F)cc(C(F)F)c1O. The van der Waals surface area contributed by atoms with Crippen LogP contribution in [0.1, 0.15) is 12.0 Å². The van der Waals surface area contributed by atoms with Crippen LogP contribution in [0.3, 0.4) is 0 Å². The molecule has 0 spiro atoms. The minimum atomic E-state index is -2.97. The number of pyridine rings is 1. The predicted octanol–water partition coefficient (Wildman–Crippen LogP) is 1.45. The summed E-state index contributed by atoms with van der Waals surface area (Å²) in [6.45, 7) is 0. The van der Waals surface area contributed by atoms with Gasteiger partial charge in [-0.3, -0.25) is 0 Å². The number of alkyl halides is 2. The van der Waals surface area contributed by atoms with E-state index in [4.69, 9.17) is 10.8 Å². The van der Waals surface area contributed by atoms with E-state index in [1.54, 1.807) is 0 Å². The van der Waals surface area contributed by atoms with Crippen molar-refractivity contribution >= 4 is 5.82 Å². The van der Waals surface area contributed by atoms with Gasteiger partial charge in [0.1, 0.15) is 0 Å². The van der Waals surface area contributed by atoms with Crippen LogP contribution in [-0.2, 0) is 0 Å². The van der Waals surface area contributed by atoms with Crippen molar-refractivity contribution in [3.8, 4) is 5.75 Å². The van der Waals surface area contributed by atoms with Crippen LogP contribution in [-0.4, -0.2) is 10.1 Å². The monoisotopic (exact) mass is 178 g/mol. The molecular weight excluding hydrogens is 173 g/mol. The number of aromatic hydroxyl groups is 1. The highest BCUT2D eigenvalue weighted by Crippen LogP contribution is 2.31. The lowest BCUT2D eigenvalue weighted by Gasteiger charge is -2.04. The lowest BCUT2D eigenvalue weighted by molar-refractivity contribution is 0.147. The Labute approximate surface area is 65.6 Å². The second kappa shape index (κ2) is 2.88.